The molecule has 1 aliphatic heterocycles. The van der Waals surface area contributed by atoms with E-state index in [2.05, 4.69) is 31.3 Å². The fraction of sp³-hybridized carbons (Fsp3) is 0.940. The van der Waals surface area contributed by atoms with Crippen molar-refractivity contribution in [2.45, 2.75) is 287 Å². The second-order valence-electron chi connectivity index (χ2n) is 18.2. The Hall–Kier alpha value is -1.15. The predicted octanol–water partition coefficient (Wildman–Crippen LogP) is 9.23. The molecule has 11 heteroatoms. The Morgan fingerprint density at radius 1 is 0.557 bits per heavy atom. The van der Waals surface area contributed by atoms with Gasteiger partial charge in [0.1, 0.15) is 36.6 Å². The molecule has 0 aromatic heterocycles. The third-order valence-corrected chi connectivity index (χ3v) is 12.6. The standard InChI is InChI=1S/C50H97NO10/c1-3-5-7-9-11-13-15-17-18-19-20-21-22-23-24-25-26-28-30-32-34-36-38-43(54)49(59)51-41(40-60-50-48(58)47(57)46(56)44(39-52)61-50)45(55)42(53)37-35-33-31-29-27-16-14-12-10-8-6-4-2/h23-24,41-48,50,52-58H,3-22,25-40H2,1-2H3,(H,51,59)/b24-23-. The molecule has 1 rings (SSSR count). The molecule has 1 fully saturated rings. The number of hydrogen-bond acceptors (Lipinski definition) is 10. The maximum atomic E-state index is 13.1. The number of ether oxygens (including phenoxy) is 2. The normalized spacial score (nSPS) is 21.5. The van der Waals surface area contributed by atoms with E-state index in [0.29, 0.717) is 19.3 Å². The summed E-state index contributed by atoms with van der Waals surface area (Å²) in [4.78, 5) is 13.1. The summed E-state index contributed by atoms with van der Waals surface area (Å²) < 4.78 is 11.1. The maximum absolute atomic E-state index is 13.1. The minimum atomic E-state index is -1.66. The Morgan fingerprint density at radius 2 is 0.951 bits per heavy atom. The van der Waals surface area contributed by atoms with Crippen LogP contribution in [0.15, 0.2) is 12.2 Å². The SMILES string of the molecule is CCCCCCCCCCCCCC/C=C\CCCCCCCCC(O)C(=O)NC(COC1OC(CO)C(O)C(O)C1O)C(O)C(O)CCCCCCCCCCCCCC. The lowest BCUT2D eigenvalue weighted by molar-refractivity contribution is -0.303. The van der Waals surface area contributed by atoms with Gasteiger partial charge in [0.15, 0.2) is 6.29 Å². The minimum absolute atomic E-state index is 0.255. The fourth-order valence-electron chi connectivity index (χ4n) is 8.32. The smallest absolute Gasteiger partial charge is 0.249 e. The summed E-state index contributed by atoms with van der Waals surface area (Å²) in [7, 11) is 0. The zero-order valence-corrected chi connectivity index (χ0v) is 39.2. The van der Waals surface area contributed by atoms with Crippen molar-refractivity contribution < 1.29 is 50.0 Å². The Balaban J connectivity index is 2.35. The number of nitrogens with one attached hydrogen (secondary N) is 1. The van der Waals surface area contributed by atoms with E-state index in [-0.39, 0.29) is 6.42 Å². The molecule has 0 saturated carbocycles. The molecule has 1 heterocycles. The molecule has 1 amide bonds. The van der Waals surface area contributed by atoms with Gasteiger partial charge in [0.2, 0.25) is 5.91 Å². The van der Waals surface area contributed by atoms with Gasteiger partial charge in [0.05, 0.1) is 25.4 Å². The van der Waals surface area contributed by atoms with Crippen molar-refractivity contribution in [1.29, 1.82) is 0 Å². The number of aliphatic hydroxyl groups is 7. The third-order valence-electron chi connectivity index (χ3n) is 12.6. The van der Waals surface area contributed by atoms with Gasteiger partial charge in [-0.3, -0.25) is 4.79 Å². The molecule has 1 saturated heterocycles. The van der Waals surface area contributed by atoms with E-state index < -0.39 is 74.2 Å². The third kappa shape index (κ3) is 29.8. The molecule has 0 bridgehead atoms. The lowest BCUT2D eigenvalue weighted by atomic mass is 9.98. The number of rotatable bonds is 43. The van der Waals surface area contributed by atoms with Crippen molar-refractivity contribution in [3.8, 4) is 0 Å². The summed E-state index contributed by atoms with van der Waals surface area (Å²) in [6.07, 6.45) is 32.6. The first-order valence-corrected chi connectivity index (χ1v) is 25.6. The number of carbonyl (C=O) groups is 1. The monoisotopic (exact) mass is 872 g/mol. The van der Waals surface area contributed by atoms with Crippen LogP contribution in [0, 0.1) is 0 Å². The fourth-order valence-corrected chi connectivity index (χ4v) is 8.32. The molecule has 0 radical (unpaired) electrons. The van der Waals surface area contributed by atoms with Crippen LogP contribution >= 0.6 is 0 Å². The zero-order chi connectivity index (χ0) is 44.8. The van der Waals surface area contributed by atoms with Crippen LogP contribution in [0.2, 0.25) is 0 Å². The van der Waals surface area contributed by atoms with Crippen LogP contribution in [-0.4, -0.2) is 110 Å². The Kier molecular flexibility index (Phi) is 38.3. The van der Waals surface area contributed by atoms with E-state index in [4.69, 9.17) is 9.47 Å². The molecular weight excluding hydrogens is 775 g/mol. The van der Waals surface area contributed by atoms with Gasteiger partial charge in [-0.15, -0.1) is 0 Å². The van der Waals surface area contributed by atoms with Crippen molar-refractivity contribution in [3.05, 3.63) is 12.2 Å². The van der Waals surface area contributed by atoms with Crippen LogP contribution < -0.4 is 5.32 Å². The number of amides is 1. The summed E-state index contributed by atoms with van der Waals surface area (Å²) in [6, 6.07) is -1.17. The molecule has 0 aromatic rings. The molecule has 11 nitrogen and oxygen atoms in total. The summed E-state index contributed by atoms with van der Waals surface area (Å²) in [5.41, 5.74) is 0. The predicted molar refractivity (Wildman–Crippen MR) is 247 cm³/mol. The number of aliphatic hydroxyl groups excluding tert-OH is 7. The minimum Gasteiger partial charge on any atom is -0.394 e. The van der Waals surface area contributed by atoms with Crippen molar-refractivity contribution in [2.75, 3.05) is 13.2 Å². The molecule has 8 N–H and O–H groups in total. The summed E-state index contributed by atoms with van der Waals surface area (Å²) in [5.74, 6) is -0.700. The Labute approximate surface area is 372 Å². The lowest BCUT2D eigenvalue weighted by Crippen LogP contribution is -2.60. The van der Waals surface area contributed by atoms with E-state index in [9.17, 15) is 40.5 Å². The van der Waals surface area contributed by atoms with E-state index >= 15 is 0 Å². The molecule has 0 spiro atoms. The van der Waals surface area contributed by atoms with Crippen molar-refractivity contribution >= 4 is 5.91 Å². The molecule has 0 aliphatic carbocycles. The van der Waals surface area contributed by atoms with Crippen LogP contribution in [-0.2, 0) is 14.3 Å². The first-order chi connectivity index (χ1) is 29.7. The zero-order valence-electron chi connectivity index (χ0n) is 39.2. The maximum Gasteiger partial charge on any atom is 0.249 e. The summed E-state index contributed by atoms with van der Waals surface area (Å²) in [5, 5.41) is 75.8. The quantitative estimate of drug-likeness (QED) is 0.0217. The first kappa shape index (κ1) is 57.9. The topological polar surface area (TPSA) is 189 Å². The lowest BCUT2D eigenvalue weighted by Gasteiger charge is -2.40. The van der Waals surface area contributed by atoms with Gasteiger partial charge < -0.3 is 50.5 Å². The average Bonchev–Trinajstić information content (AvgIpc) is 3.26. The number of hydrogen-bond donors (Lipinski definition) is 8. The number of unbranched alkanes of at least 4 members (excludes halogenated alkanes) is 29. The van der Waals surface area contributed by atoms with Gasteiger partial charge in [-0.05, 0) is 38.5 Å². The number of carbonyl (C=O) groups excluding carboxylic acids is 1. The second-order valence-corrected chi connectivity index (χ2v) is 18.2. The summed E-state index contributed by atoms with van der Waals surface area (Å²) >= 11 is 0. The molecule has 61 heavy (non-hydrogen) atoms. The van der Waals surface area contributed by atoms with Crippen LogP contribution in [0.5, 0.6) is 0 Å². The highest BCUT2D eigenvalue weighted by molar-refractivity contribution is 5.80. The largest absolute Gasteiger partial charge is 0.394 e. The average molecular weight is 872 g/mol. The van der Waals surface area contributed by atoms with E-state index in [0.717, 1.165) is 51.4 Å². The highest BCUT2D eigenvalue weighted by Gasteiger charge is 2.44. The molecule has 362 valence electrons. The van der Waals surface area contributed by atoms with Gasteiger partial charge >= 0.3 is 0 Å². The van der Waals surface area contributed by atoms with Gasteiger partial charge in [-0.25, -0.2) is 0 Å². The van der Waals surface area contributed by atoms with Gasteiger partial charge in [0.25, 0.3) is 0 Å². The van der Waals surface area contributed by atoms with Crippen molar-refractivity contribution in [3.63, 3.8) is 0 Å². The Morgan fingerprint density at radius 3 is 1.38 bits per heavy atom. The van der Waals surface area contributed by atoms with Crippen LogP contribution in [0.4, 0.5) is 0 Å². The van der Waals surface area contributed by atoms with Gasteiger partial charge in [-0.2, -0.15) is 0 Å². The second kappa shape index (κ2) is 40.4. The van der Waals surface area contributed by atoms with Crippen LogP contribution in [0.1, 0.15) is 232 Å². The molecule has 1 aliphatic rings. The van der Waals surface area contributed by atoms with Gasteiger partial charge in [0, 0.05) is 0 Å². The summed E-state index contributed by atoms with van der Waals surface area (Å²) in [6.45, 7) is 3.45. The Bertz CT molecular complexity index is 1000. The van der Waals surface area contributed by atoms with Crippen LogP contribution in [0.25, 0.3) is 0 Å². The van der Waals surface area contributed by atoms with Crippen molar-refractivity contribution in [2.24, 2.45) is 0 Å². The first-order valence-electron chi connectivity index (χ1n) is 25.6. The highest BCUT2D eigenvalue weighted by atomic mass is 16.7. The van der Waals surface area contributed by atoms with Crippen molar-refractivity contribution in [1.82, 2.24) is 5.32 Å². The molecule has 0 aromatic carbocycles. The van der Waals surface area contributed by atoms with E-state index in [1.54, 1.807) is 0 Å². The van der Waals surface area contributed by atoms with E-state index in [1.807, 2.05) is 0 Å². The molecule has 9 atom stereocenters. The van der Waals surface area contributed by atoms with E-state index in [1.165, 1.54) is 141 Å². The molecular formula is C50H97NO10. The van der Waals surface area contributed by atoms with Gasteiger partial charge in [-0.1, -0.05) is 206 Å². The molecule has 9 unspecified atom stereocenters. The highest BCUT2D eigenvalue weighted by Crippen LogP contribution is 2.23. The van der Waals surface area contributed by atoms with Crippen LogP contribution in [0.3, 0.4) is 0 Å². The number of allylic oxidation sites excluding steroid dienone is 2.